The summed E-state index contributed by atoms with van der Waals surface area (Å²) in [7, 11) is 0. The van der Waals surface area contributed by atoms with Gasteiger partial charge in [0.1, 0.15) is 0 Å². The number of anilines is 1. The SMILES string of the molecule is Cc1ccc(Br)cc1NC1=NC(C(C)C)CCS1. The maximum absolute atomic E-state index is 4.80. The van der Waals surface area contributed by atoms with Gasteiger partial charge in [-0.15, -0.1) is 0 Å². The molecule has 0 fully saturated rings. The predicted octanol–water partition coefficient (Wildman–Crippen LogP) is 4.69. The molecule has 0 aromatic heterocycles. The largest absolute Gasteiger partial charge is 0.335 e. The van der Waals surface area contributed by atoms with Gasteiger partial charge < -0.3 is 5.32 Å². The summed E-state index contributed by atoms with van der Waals surface area (Å²) in [5.41, 5.74) is 2.38. The number of nitrogens with zero attached hydrogens (tertiary/aromatic N) is 1. The summed E-state index contributed by atoms with van der Waals surface area (Å²) in [6.45, 7) is 6.60. The van der Waals surface area contributed by atoms with Crippen LogP contribution in [0.1, 0.15) is 25.8 Å². The van der Waals surface area contributed by atoms with Crippen molar-refractivity contribution < 1.29 is 0 Å². The summed E-state index contributed by atoms with van der Waals surface area (Å²) in [5.74, 6) is 1.77. The molecule has 1 aromatic rings. The average Bonchev–Trinajstić information content (AvgIpc) is 2.34. The standard InChI is InChI=1S/C14H19BrN2S/c1-9(2)12-6-7-18-14(16-12)17-13-8-11(15)5-4-10(13)3/h4-5,8-9,12H,6-7H2,1-3H3,(H,16,17). The molecule has 1 atom stereocenters. The summed E-state index contributed by atoms with van der Waals surface area (Å²) in [6, 6.07) is 6.74. The number of hydrogen-bond acceptors (Lipinski definition) is 3. The zero-order valence-electron chi connectivity index (χ0n) is 11.0. The van der Waals surface area contributed by atoms with Crippen LogP contribution in [0.3, 0.4) is 0 Å². The Morgan fingerprint density at radius 1 is 1.44 bits per heavy atom. The lowest BCUT2D eigenvalue weighted by atomic mass is 10.0. The van der Waals surface area contributed by atoms with Crippen molar-refractivity contribution in [2.75, 3.05) is 11.1 Å². The van der Waals surface area contributed by atoms with E-state index in [0.717, 1.165) is 21.1 Å². The number of halogens is 1. The van der Waals surface area contributed by atoms with E-state index in [9.17, 15) is 0 Å². The topological polar surface area (TPSA) is 24.4 Å². The summed E-state index contributed by atoms with van der Waals surface area (Å²) < 4.78 is 1.09. The lowest BCUT2D eigenvalue weighted by Crippen LogP contribution is -2.24. The normalized spacial score (nSPS) is 19.8. The highest BCUT2D eigenvalue weighted by Crippen LogP contribution is 2.26. The van der Waals surface area contributed by atoms with Crippen molar-refractivity contribution in [2.24, 2.45) is 10.9 Å². The van der Waals surface area contributed by atoms with Gasteiger partial charge in [-0.2, -0.15) is 0 Å². The number of nitrogens with one attached hydrogen (secondary N) is 1. The Balaban J connectivity index is 2.15. The van der Waals surface area contributed by atoms with E-state index in [2.05, 4.69) is 60.2 Å². The molecule has 2 rings (SSSR count). The molecule has 1 N–H and O–H groups in total. The molecule has 2 nitrogen and oxygen atoms in total. The Morgan fingerprint density at radius 2 is 2.22 bits per heavy atom. The van der Waals surface area contributed by atoms with Crippen molar-refractivity contribution in [3.63, 3.8) is 0 Å². The van der Waals surface area contributed by atoms with E-state index in [-0.39, 0.29) is 0 Å². The second kappa shape index (κ2) is 6.11. The molecule has 1 heterocycles. The number of hydrogen-bond donors (Lipinski definition) is 1. The molecule has 0 spiro atoms. The van der Waals surface area contributed by atoms with Gasteiger partial charge in [0, 0.05) is 15.9 Å². The van der Waals surface area contributed by atoms with Crippen LogP contribution in [0, 0.1) is 12.8 Å². The van der Waals surface area contributed by atoms with E-state index in [1.807, 2.05) is 11.8 Å². The summed E-state index contributed by atoms with van der Waals surface area (Å²) in [5, 5.41) is 4.51. The van der Waals surface area contributed by atoms with Gasteiger partial charge in [-0.05, 0) is 37.0 Å². The maximum atomic E-state index is 4.80. The molecule has 0 saturated carbocycles. The first-order valence-electron chi connectivity index (χ1n) is 6.30. The summed E-state index contributed by atoms with van der Waals surface area (Å²) in [4.78, 5) is 4.80. The molecule has 0 radical (unpaired) electrons. The third-order valence-corrected chi connectivity index (χ3v) is 4.56. The Kier molecular flexibility index (Phi) is 4.73. The first-order valence-corrected chi connectivity index (χ1v) is 8.08. The number of amidine groups is 1. The van der Waals surface area contributed by atoms with Crippen molar-refractivity contribution in [3.8, 4) is 0 Å². The lowest BCUT2D eigenvalue weighted by Gasteiger charge is -2.23. The van der Waals surface area contributed by atoms with Crippen LogP contribution in [0.4, 0.5) is 5.69 Å². The first kappa shape index (κ1) is 13.9. The zero-order chi connectivity index (χ0) is 13.1. The van der Waals surface area contributed by atoms with Gasteiger partial charge in [0.05, 0.1) is 6.04 Å². The Labute approximate surface area is 122 Å². The van der Waals surface area contributed by atoms with Crippen molar-refractivity contribution in [1.29, 1.82) is 0 Å². The molecular formula is C14H19BrN2S. The molecule has 0 aliphatic carbocycles. The van der Waals surface area contributed by atoms with E-state index in [1.165, 1.54) is 12.0 Å². The van der Waals surface area contributed by atoms with Crippen LogP contribution in [0.15, 0.2) is 27.7 Å². The number of thioether (sulfide) groups is 1. The van der Waals surface area contributed by atoms with Crippen LogP contribution < -0.4 is 5.32 Å². The van der Waals surface area contributed by atoms with Crippen molar-refractivity contribution >= 4 is 38.5 Å². The second-order valence-corrected chi connectivity index (χ2v) is 6.97. The Hall–Kier alpha value is -0.480. The molecule has 1 aromatic carbocycles. The second-order valence-electron chi connectivity index (χ2n) is 4.97. The molecule has 18 heavy (non-hydrogen) atoms. The monoisotopic (exact) mass is 326 g/mol. The van der Waals surface area contributed by atoms with Gasteiger partial charge in [-0.1, -0.05) is 47.6 Å². The third kappa shape index (κ3) is 3.51. The van der Waals surface area contributed by atoms with Crippen LogP contribution in [0.5, 0.6) is 0 Å². The molecule has 1 unspecified atom stereocenters. The fraction of sp³-hybridized carbons (Fsp3) is 0.500. The molecule has 4 heteroatoms. The Morgan fingerprint density at radius 3 is 2.94 bits per heavy atom. The number of rotatable bonds is 2. The lowest BCUT2D eigenvalue weighted by molar-refractivity contribution is 0.485. The van der Waals surface area contributed by atoms with Crippen molar-refractivity contribution in [2.45, 2.75) is 33.2 Å². The summed E-state index contributed by atoms with van der Waals surface area (Å²) in [6.07, 6.45) is 1.19. The minimum absolute atomic E-state index is 0.459. The molecule has 98 valence electrons. The number of aryl methyl sites for hydroxylation is 1. The molecule has 0 saturated heterocycles. The predicted molar refractivity (Wildman–Crippen MR) is 85.6 cm³/mol. The van der Waals surface area contributed by atoms with Gasteiger partial charge >= 0.3 is 0 Å². The number of aliphatic imine (C=N–C) groups is 1. The fourth-order valence-corrected chi connectivity index (χ4v) is 3.23. The Bertz CT molecular complexity index is 457. The van der Waals surface area contributed by atoms with Crippen LogP contribution in [-0.4, -0.2) is 17.0 Å². The highest BCUT2D eigenvalue weighted by atomic mass is 79.9. The van der Waals surface area contributed by atoms with Crippen molar-refractivity contribution in [3.05, 3.63) is 28.2 Å². The van der Waals surface area contributed by atoms with Gasteiger partial charge in [0.25, 0.3) is 0 Å². The van der Waals surface area contributed by atoms with E-state index in [1.54, 1.807) is 0 Å². The smallest absolute Gasteiger partial charge is 0.161 e. The van der Waals surface area contributed by atoms with Gasteiger partial charge in [0.15, 0.2) is 5.17 Å². The van der Waals surface area contributed by atoms with Crippen LogP contribution in [-0.2, 0) is 0 Å². The van der Waals surface area contributed by atoms with Crippen LogP contribution in [0.25, 0.3) is 0 Å². The van der Waals surface area contributed by atoms with Crippen LogP contribution in [0.2, 0.25) is 0 Å². The summed E-state index contributed by atoms with van der Waals surface area (Å²) >= 11 is 5.33. The van der Waals surface area contributed by atoms with Crippen LogP contribution >= 0.6 is 27.7 Å². The maximum Gasteiger partial charge on any atom is 0.161 e. The minimum atomic E-state index is 0.459. The fourth-order valence-electron chi connectivity index (χ4n) is 1.92. The highest BCUT2D eigenvalue weighted by Gasteiger charge is 2.18. The molecular weight excluding hydrogens is 308 g/mol. The first-order chi connectivity index (χ1) is 8.56. The molecule has 0 bridgehead atoms. The van der Waals surface area contributed by atoms with E-state index in [4.69, 9.17) is 4.99 Å². The molecule has 1 aliphatic heterocycles. The van der Waals surface area contributed by atoms with E-state index < -0.39 is 0 Å². The van der Waals surface area contributed by atoms with Gasteiger partial charge in [-0.25, -0.2) is 0 Å². The molecule has 0 amide bonds. The average molecular weight is 327 g/mol. The van der Waals surface area contributed by atoms with E-state index in [0.29, 0.717) is 12.0 Å². The highest BCUT2D eigenvalue weighted by molar-refractivity contribution is 9.10. The third-order valence-electron chi connectivity index (χ3n) is 3.15. The quantitative estimate of drug-likeness (QED) is 0.852. The van der Waals surface area contributed by atoms with Gasteiger partial charge in [0.2, 0.25) is 0 Å². The van der Waals surface area contributed by atoms with Crippen molar-refractivity contribution in [1.82, 2.24) is 0 Å². The minimum Gasteiger partial charge on any atom is -0.335 e. The zero-order valence-corrected chi connectivity index (χ0v) is 13.4. The van der Waals surface area contributed by atoms with Gasteiger partial charge in [-0.3, -0.25) is 4.99 Å². The molecule has 1 aliphatic rings. The van der Waals surface area contributed by atoms with E-state index >= 15 is 0 Å². The number of benzene rings is 1.